The largest absolute Gasteiger partial charge is 0.480 e. The lowest BCUT2D eigenvalue weighted by Gasteiger charge is -2.31. The first-order valence-corrected chi connectivity index (χ1v) is 6.22. The van der Waals surface area contributed by atoms with Gasteiger partial charge in [0.1, 0.15) is 12.4 Å². The summed E-state index contributed by atoms with van der Waals surface area (Å²) < 4.78 is 1.63. The second-order valence-electron chi connectivity index (χ2n) is 4.77. The fourth-order valence-corrected chi connectivity index (χ4v) is 2.20. The van der Waals surface area contributed by atoms with Gasteiger partial charge in [-0.1, -0.05) is 0 Å². The summed E-state index contributed by atoms with van der Waals surface area (Å²) in [4.78, 5) is 29.0. The first-order chi connectivity index (χ1) is 9.34. The van der Waals surface area contributed by atoms with Crippen LogP contribution < -0.4 is 10.2 Å². The molecule has 1 aliphatic rings. The van der Waals surface area contributed by atoms with Gasteiger partial charge in [0.05, 0.1) is 11.6 Å². The Morgan fingerprint density at radius 2 is 2.15 bits per heavy atom. The van der Waals surface area contributed by atoms with E-state index in [4.69, 9.17) is 5.11 Å². The van der Waals surface area contributed by atoms with Crippen LogP contribution in [0.1, 0.15) is 26.8 Å². The summed E-state index contributed by atoms with van der Waals surface area (Å²) in [5.41, 5.74) is 1.21. The molecular formula is C12H17N5O3. The number of nitrogens with zero attached hydrogens (tertiary/aromatic N) is 4. The molecule has 1 amide bonds. The highest BCUT2D eigenvalue weighted by molar-refractivity contribution is 5.98. The molecule has 0 bridgehead atoms. The van der Waals surface area contributed by atoms with Crippen molar-refractivity contribution in [3.8, 4) is 0 Å². The van der Waals surface area contributed by atoms with Crippen LogP contribution in [0.2, 0.25) is 0 Å². The Labute approximate surface area is 116 Å². The van der Waals surface area contributed by atoms with Crippen molar-refractivity contribution in [2.45, 2.75) is 32.9 Å². The molecule has 1 aromatic rings. The summed E-state index contributed by atoms with van der Waals surface area (Å²) in [7, 11) is 1.79. The van der Waals surface area contributed by atoms with Crippen LogP contribution in [0.5, 0.6) is 0 Å². The number of aliphatic carboxylic acids is 1. The van der Waals surface area contributed by atoms with Crippen LogP contribution in [0.15, 0.2) is 17.6 Å². The molecule has 0 aliphatic carbocycles. The molecule has 0 aromatic carbocycles. The van der Waals surface area contributed by atoms with E-state index >= 15 is 0 Å². The van der Waals surface area contributed by atoms with Crippen molar-refractivity contribution in [1.29, 1.82) is 0 Å². The number of carbonyl (C=O) groups excluding carboxylic acids is 1. The zero-order valence-corrected chi connectivity index (χ0v) is 11.8. The molecule has 2 rings (SSSR count). The molecule has 1 aliphatic heterocycles. The van der Waals surface area contributed by atoms with Crippen molar-refractivity contribution < 1.29 is 14.7 Å². The van der Waals surface area contributed by atoms with Gasteiger partial charge in [-0.25, -0.2) is 4.68 Å². The lowest BCUT2D eigenvalue weighted by atomic mass is 10.0. The van der Waals surface area contributed by atoms with Crippen molar-refractivity contribution in [3.05, 3.63) is 17.6 Å². The lowest BCUT2D eigenvalue weighted by Crippen LogP contribution is -2.43. The number of anilines is 1. The van der Waals surface area contributed by atoms with Gasteiger partial charge in [-0.05, 0) is 20.8 Å². The van der Waals surface area contributed by atoms with Gasteiger partial charge in [-0.3, -0.25) is 9.59 Å². The van der Waals surface area contributed by atoms with E-state index in [9.17, 15) is 9.59 Å². The first-order valence-electron chi connectivity index (χ1n) is 6.22. The Morgan fingerprint density at radius 3 is 2.75 bits per heavy atom. The number of amides is 1. The zero-order valence-electron chi connectivity index (χ0n) is 11.8. The van der Waals surface area contributed by atoms with Crippen LogP contribution in [0.4, 0.5) is 5.95 Å². The molecule has 8 nitrogen and oxygen atoms in total. The van der Waals surface area contributed by atoms with Crippen LogP contribution in [0.25, 0.3) is 0 Å². The van der Waals surface area contributed by atoms with Gasteiger partial charge in [-0.2, -0.15) is 10.1 Å². The van der Waals surface area contributed by atoms with Crippen molar-refractivity contribution >= 4 is 17.8 Å². The Bertz CT molecular complexity index is 592. The smallest absolute Gasteiger partial charge is 0.325 e. The molecule has 0 radical (unpaired) electrons. The Balaban J connectivity index is 2.33. The maximum absolute atomic E-state index is 12.3. The number of carboxylic acid groups (broad SMARTS) is 1. The standard InChI is InChI=1S/C12H17N5O3/c1-6(11(19)20)15-10(18)9-7(2)16(4)12-13-5-14-17(12)8(9)3/h5-6,8H,1-4H3,(H,15,18)(H,19,20)/t6-,8?/m0/s1. The summed E-state index contributed by atoms with van der Waals surface area (Å²) in [5, 5.41) is 15.4. The SMILES string of the molecule is CC1=C(C(=O)N[C@@H](C)C(=O)O)C(C)n2ncnc2N1C. The number of hydrogen-bond acceptors (Lipinski definition) is 5. The van der Waals surface area contributed by atoms with Gasteiger partial charge < -0.3 is 15.3 Å². The average molecular weight is 279 g/mol. The normalized spacial score (nSPS) is 19.6. The number of aromatic nitrogens is 3. The van der Waals surface area contributed by atoms with Crippen LogP contribution in [-0.4, -0.2) is 44.8 Å². The average Bonchev–Trinajstić information content (AvgIpc) is 2.85. The Morgan fingerprint density at radius 1 is 1.50 bits per heavy atom. The molecule has 2 atom stereocenters. The van der Waals surface area contributed by atoms with E-state index in [1.54, 1.807) is 23.6 Å². The monoisotopic (exact) mass is 279 g/mol. The van der Waals surface area contributed by atoms with Crippen LogP contribution in [0.3, 0.4) is 0 Å². The summed E-state index contributed by atoms with van der Waals surface area (Å²) in [6.07, 6.45) is 1.43. The Kier molecular flexibility index (Phi) is 3.47. The van der Waals surface area contributed by atoms with Gasteiger partial charge in [-0.15, -0.1) is 0 Å². The van der Waals surface area contributed by atoms with Crippen LogP contribution >= 0.6 is 0 Å². The first kappa shape index (κ1) is 14.0. The van der Waals surface area contributed by atoms with Crippen molar-refractivity contribution in [3.63, 3.8) is 0 Å². The minimum absolute atomic E-state index is 0.301. The third-order valence-electron chi connectivity index (χ3n) is 3.49. The molecule has 0 spiro atoms. The predicted octanol–water partition coefficient (Wildman–Crippen LogP) is 0.152. The minimum atomic E-state index is -1.07. The lowest BCUT2D eigenvalue weighted by molar-refractivity contribution is -0.140. The molecule has 1 aromatic heterocycles. The number of carboxylic acids is 1. The van der Waals surface area contributed by atoms with E-state index in [0.29, 0.717) is 11.5 Å². The summed E-state index contributed by atoms with van der Waals surface area (Å²) in [5.74, 6) is -0.828. The number of hydrogen-bond donors (Lipinski definition) is 2. The van der Waals surface area contributed by atoms with E-state index in [1.165, 1.54) is 13.3 Å². The third-order valence-corrected chi connectivity index (χ3v) is 3.49. The second-order valence-corrected chi connectivity index (χ2v) is 4.77. The molecular weight excluding hydrogens is 262 g/mol. The zero-order chi connectivity index (χ0) is 15.0. The van der Waals surface area contributed by atoms with Crippen LogP contribution in [-0.2, 0) is 9.59 Å². The number of carbonyl (C=O) groups is 2. The number of rotatable bonds is 3. The van der Waals surface area contributed by atoms with E-state index in [2.05, 4.69) is 15.4 Å². The number of fused-ring (bicyclic) bond motifs is 1. The summed E-state index contributed by atoms with van der Waals surface area (Å²) in [6.45, 7) is 5.05. The van der Waals surface area contributed by atoms with Gasteiger partial charge in [0.2, 0.25) is 5.95 Å². The van der Waals surface area contributed by atoms with Gasteiger partial charge in [0, 0.05) is 12.7 Å². The highest BCUT2D eigenvalue weighted by atomic mass is 16.4. The van der Waals surface area contributed by atoms with Gasteiger partial charge >= 0.3 is 5.97 Å². The molecule has 2 heterocycles. The van der Waals surface area contributed by atoms with Crippen molar-refractivity contribution in [2.75, 3.05) is 11.9 Å². The molecule has 8 heteroatoms. The summed E-state index contributed by atoms with van der Waals surface area (Å²) in [6, 6.07) is -1.25. The van der Waals surface area contributed by atoms with E-state index in [1.807, 2.05) is 6.92 Å². The molecule has 0 saturated carbocycles. The van der Waals surface area contributed by atoms with Gasteiger partial charge in [0.15, 0.2) is 0 Å². The predicted molar refractivity (Wildman–Crippen MR) is 71.1 cm³/mol. The highest BCUT2D eigenvalue weighted by Crippen LogP contribution is 2.32. The van der Waals surface area contributed by atoms with Crippen molar-refractivity contribution in [2.24, 2.45) is 0 Å². The molecule has 108 valence electrons. The number of allylic oxidation sites excluding steroid dienone is 1. The van der Waals surface area contributed by atoms with E-state index < -0.39 is 17.9 Å². The second kappa shape index (κ2) is 4.95. The maximum Gasteiger partial charge on any atom is 0.325 e. The molecule has 0 saturated heterocycles. The molecule has 20 heavy (non-hydrogen) atoms. The third kappa shape index (κ3) is 2.13. The van der Waals surface area contributed by atoms with Gasteiger partial charge in [0.25, 0.3) is 5.91 Å². The van der Waals surface area contributed by atoms with E-state index in [-0.39, 0.29) is 6.04 Å². The van der Waals surface area contributed by atoms with E-state index in [0.717, 1.165) is 5.70 Å². The molecule has 1 unspecified atom stereocenters. The molecule has 2 N–H and O–H groups in total. The fraction of sp³-hybridized carbons (Fsp3) is 0.500. The topological polar surface area (TPSA) is 100 Å². The Hall–Kier alpha value is -2.38. The maximum atomic E-state index is 12.3. The number of nitrogens with one attached hydrogen (secondary N) is 1. The summed E-state index contributed by atoms with van der Waals surface area (Å²) >= 11 is 0. The quantitative estimate of drug-likeness (QED) is 0.817. The fourth-order valence-electron chi connectivity index (χ4n) is 2.20. The van der Waals surface area contributed by atoms with Crippen LogP contribution in [0, 0.1) is 0 Å². The minimum Gasteiger partial charge on any atom is -0.480 e. The highest BCUT2D eigenvalue weighted by Gasteiger charge is 2.32. The molecule has 0 fully saturated rings. The van der Waals surface area contributed by atoms with Crippen molar-refractivity contribution in [1.82, 2.24) is 20.1 Å².